The molecule has 2 aromatic carbocycles. The highest BCUT2D eigenvalue weighted by Gasteiger charge is 2.44. The van der Waals surface area contributed by atoms with E-state index in [-0.39, 0.29) is 17.2 Å². The molecule has 4 rings (SSSR count). The number of hydrogen-bond donors (Lipinski definition) is 0. The van der Waals surface area contributed by atoms with E-state index in [1.165, 1.54) is 18.1 Å². The lowest BCUT2D eigenvalue weighted by Gasteiger charge is -2.28. The summed E-state index contributed by atoms with van der Waals surface area (Å²) in [5.41, 5.74) is 1.07. The van der Waals surface area contributed by atoms with E-state index in [1.54, 1.807) is 37.3 Å². The fraction of sp³-hybridized carbons (Fsp3) is 0.423. The molecule has 1 fully saturated rings. The summed E-state index contributed by atoms with van der Waals surface area (Å²) in [6.07, 6.45) is 5.37. The van der Waals surface area contributed by atoms with Crippen LogP contribution in [0.2, 0.25) is 0 Å². The molecular weight excluding hydrogens is 484 g/mol. The maximum absolute atomic E-state index is 13.8. The fourth-order valence-corrected chi connectivity index (χ4v) is 6.00. The molecule has 1 heterocycles. The molecule has 0 aromatic heterocycles. The number of hydrogen-bond acceptors (Lipinski definition) is 7. The van der Waals surface area contributed by atoms with Gasteiger partial charge in [-0.3, -0.25) is 19.3 Å². The number of carbonyl (C=O) groups excluding carboxylic acids is 3. The Hall–Kier alpha value is -3.40. The molecule has 9 nitrogen and oxygen atoms in total. The van der Waals surface area contributed by atoms with E-state index in [9.17, 15) is 22.8 Å². The first-order valence-electron chi connectivity index (χ1n) is 11.9. The van der Waals surface area contributed by atoms with Crippen LogP contribution in [0, 0.1) is 0 Å². The van der Waals surface area contributed by atoms with Crippen LogP contribution in [0.4, 0.5) is 5.69 Å². The zero-order valence-electron chi connectivity index (χ0n) is 20.6. The first kappa shape index (κ1) is 25.7. The number of imide groups is 1. The van der Waals surface area contributed by atoms with Crippen molar-refractivity contribution >= 4 is 33.7 Å². The predicted octanol–water partition coefficient (Wildman–Crippen LogP) is 3.38. The standard InChI is InChI=1S/C26H30N2O7S/c1-4-35-23-14-17(12-13-22(23)34-2)21(15-36(3,32)33)28-25(30)19-10-7-11-20(24(19)26(28)31)27(16-29)18-8-5-6-9-18/h7,10-14,16,18,21H,4-6,8-9,15H2,1-3H3. The van der Waals surface area contributed by atoms with Crippen molar-refractivity contribution in [1.82, 2.24) is 4.90 Å². The van der Waals surface area contributed by atoms with Gasteiger partial charge in [0.1, 0.15) is 9.84 Å². The molecule has 0 saturated heterocycles. The number of methoxy groups -OCH3 is 1. The van der Waals surface area contributed by atoms with Crippen LogP contribution in [-0.4, -0.2) is 63.3 Å². The molecule has 36 heavy (non-hydrogen) atoms. The Morgan fingerprint density at radius 3 is 2.44 bits per heavy atom. The van der Waals surface area contributed by atoms with E-state index in [0.717, 1.165) is 36.8 Å². The van der Waals surface area contributed by atoms with Gasteiger partial charge in [-0.2, -0.15) is 0 Å². The van der Waals surface area contributed by atoms with Crippen molar-refractivity contribution in [1.29, 1.82) is 0 Å². The third-order valence-electron chi connectivity index (χ3n) is 6.68. The van der Waals surface area contributed by atoms with Gasteiger partial charge in [0.15, 0.2) is 11.5 Å². The first-order chi connectivity index (χ1) is 17.2. The lowest BCUT2D eigenvalue weighted by molar-refractivity contribution is -0.107. The molecule has 1 saturated carbocycles. The third-order valence-corrected chi connectivity index (χ3v) is 7.60. The number of amides is 3. The average Bonchev–Trinajstić information content (AvgIpc) is 3.45. The molecule has 1 aliphatic heterocycles. The Kier molecular flexibility index (Phi) is 7.35. The number of sulfone groups is 1. The molecule has 2 aliphatic rings. The van der Waals surface area contributed by atoms with Crippen LogP contribution in [0.3, 0.4) is 0 Å². The fourth-order valence-electron chi connectivity index (χ4n) is 5.08. The Morgan fingerprint density at radius 2 is 1.83 bits per heavy atom. The van der Waals surface area contributed by atoms with Crippen molar-refractivity contribution in [3.8, 4) is 11.5 Å². The van der Waals surface area contributed by atoms with Gasteiger partial charge < -0.3 is 14.4 Å². The second kappa shape index (κ2) is 10.3. The van der Waals surface area contributed by atoms with E-state index in [1.807, 2.05) is 0 Å². The predicted molar refractivity (Wildman–Crippen MR) is 134 cm³/mol. The van der Waals surface area contributed by atoms with Crippen LogP contribution in [-0.2, 0) is 14.6 Å². The lowest BCUT2D eigenvalue weighted by Crippen LogP contribution is -2.38. The number of benzene rings is 2. The van der Waals surface area contributed by atoms with Crippen LogP contribution in [0.5, 0.6) is 11.5 Å². The number of anilines is 1. The number of fused-ring (bicyclic) bond motifs is 1. The van der Waals surface area contributed by atoms with E-state index in [2.05, 4.69) is 0 Å². The largest absolute Gasteiger partial charge is 0.493 e. The minimum Gasteiger partial charge on any atom is -0.493 e. The van der Waals surface area contributed by atoms with Crippen LogP contribution in [0.1, 0.15) is 64.9 Å². The van der Waals surface area contributed by atoms with Gasteiger partial charge in [-0.1, -0.05) is 25.0 Å². The normalized spacial score (nSPS) is 16.7. The molecule has 10 heteroatoms. The monoisotopic (exact) mass is 514 g/mol. The Balaban J connectivity index is 1.81. The van der Waals surface area contributed by atoms with Crippen molar-refractivity contribution < 1.29 is 32.3 Å². The van der Waals surface area contributed by atoms with Crippen molar-refractivity contribution in [2.24, 2.45) is 0 Å². The summed E-state index contributed by atoms with van der Waals surface area (Å²) in [5, 5.41) is 0. The van der Waals surface area contributed by atoms with Gasteiger partial charge in [0.05, 0.1) is 42.3 Å². The molecule has 0 radical (unpaired) electrons. The summed E-state index contributed by atoms with van der Waals surface area (Å²) < 4.78 is 35.8. The minimum atomic E-state index is -3.61. The molecule has 0 bridgehead atoms. The van der Waals surface area contributed by atoms with Gasteiger partial charge >= 0.3 is 0 Å². The number of carbonyl (C=O) groups is 3. The van der Waals surface area contributed by atoms with Crippen LogP contribution >= 0.6 is 0 Å². The SMILES string of the molecule is CCOc1cc(C(CS(C)(=O)=O)N2C(=O)c3cccc(N(C=O)C4CCCC4)c3C2=O)ccc1OC. The van der Waals surface area contributed by atoms with Gasteiger partial charge in [0, 0.05) is 12.3 Å². The summed E-state index contributed by atoms with van der Waals surface area (Å²) in [4.78, 5) is 42.0. The molecule has 0 N–H and O–H groups in total. The molecule has 1 aliphatic carbocycles. The van der Waals surface area contributed by atoms with Crippen LogP contribution in [0.15, 0.2) is 36.4 Å². The first-order valence-corrected chi connectivity index (χ1v) is 14.0. The van der Waals surface area contributed by atoms with Gasteiger partial charge in [-0.15, -0.1) is 0 Å². The minimum absolute atomic E-state index is 0.0480. The van der Waals surface area contributed by atoms with E-state index >= 15 is 0 Å². The molecule has 2 aromatic rings. The molecule has 192 valence electrons. The van der Waals surface area contributed by atoms with Gasteiger partial charge in [0.2, 0.25) is 6.41 Å². The van der Waals surface area contributed by atoms with E-state index < -0.39 is 33.4 Å². The van der Waals surface area contributed by atoms with Crippen molar-refractivity contribution in [2.45, 2.75) is 44.7 Å². The van der Waals surface area contributed by atoms with Gasteiger partial charge in [-0.25, -0.2) is 8.42 Å². The van der Waals surface area contributed by atoms with E-state index in [0.29, 0.717) is 35.8 Å². The molecular formula is C26H30N2O7S. The highest BCUT2D eigenvalue weighted by molar-refractivity contribution is 7.90. The van der Waals surface area contributed by atoms with Crippen molar-refractivity contribution in [3.05, 3.63) is 53.1 Å². The summed E-state index contributed by atoms with van der Waals surface area (Å²) in [5.74, 6) is -0.872. The molecule has 0 spiro atoms. The summed E-state index contributed by atoms with van der Waals surface area (Å²) >= 11 is 0. The average molecular weight is 515 g/mol. The smallest absolute Gasteiger partial charge is 0.264 e. The summed E-state index contributed by atoms with van der Waals surface area (Å²) in [6, 6.07) is 8.53. The van der Waals surface area contributed by atoms with Crippen molar-refractivity contribution in [3.63, 3.8) is 0 Å². The zero-order chi connectivity index (χ0) is 26.0. The van der Waals surface area contributed by atoms with Gasteiger partial charge in [-0.05, 0) is 49.6 Å². The maximum Gasteiger partial charge on any atom is 0.264 e. The maximum atomic E-state index is 13.8. The van der Waals surface area contributed by atoms with Crippen molar-refractivity contribution in [2.75, 3.05) is 30.6 Å². The number of nitrogens with zero attached hydrogens (tertiary/aromatic N) is 2. The summed E-state index contributed by atoms with van der Waals surface area (Å²) in [6.45, 7) is 2.14. The Bertz CT molecular complexity index is 1290. The highest BCUT2D eigenvalue weighted by atomic mass is 32.2. The number of ether oxygens (including phenoxy) is 2. The molecule has 1 unspecified atom stereocenters. The van der Waals surface area contributed by atoms with E-state index in [4.69, 9.17) is 9.47 Å². The zero-order valence-corrected chi connectivity index (χ0v) is 21.4. The second-order valence-electron chi connectivity index (χ2n) is 9.08. The second-order valence-corrected chi connectivity index (χ2v) is 11.3. The lowest BCUT2D eigenvalue weighted by atomic mass is 10.0. The Morgan fingerprint density at radius 1 is 1.11 bits per heavy atom. The summed E-state index contributed by atoms with van der Waals surface area (Å²) in [7, 11) is -2.13. The highest BCUT2D eigenvalue weighted by Crippen LogP contribution is 2.40. The van der Waals surface area contributed by atoms with Crippen LogP contribution in [0.25, 0.3) is 0 Å². The van der Waals surface area contributed by atoms with Gasteiger partial charge in [0.25, 0.3) is 11.8 Å². The quantitative estimate of drug-likeness (QED) is 0.353. The third kappa shape index (κ3) is 4.82. The van der Waals surface area contributed by atoms with Crippen LogP contribution < -0.4 is 14.4 Å². The molecule has 3 amide bonds. The Labute approximate surface area is 210 Å². The topological polar surface area (TPSA) is 110 Å². The molecule has 1 atom stereocenters. The number of rotatable bonds is 10.